The monoisotopic (exact) mass is 432 g/mol. The maximum atomic E-state index is 13.1. The smallest absolute Gasteiger partial charge is 0.270 e. The summed E-state index contributed by atoms with van der Waals surface area (Å²) in [4.78, 5) is 23.8. The number of thiocarbonyl (C=S) groups is 1. The van der Waals surface area contributed by atoms with Crippen LogP contribution in [-0.2, 0) is 4.79 Å². The van der Waals surface area contributed by atoms with Crippen LogP contribution in [0.4, 0.5) is 11.4 Å². The van der Waals surface area contributed by atoms with Crippen LogP contribution in [0.3, 0.4) is 0 Å². The van der Waals surface area contributed by atoms with E-state index in [4.69, 9.17) is 28.6 Å². The predicted molar refractivity (Wildman–Crippen MR) is 114 cm³/mol. The Kier molecular flexibility index (Phi) is 6.00. The van der Waals surface area contributed by atoms with Crippen LogP contribution >= 0.6 is 23.8 Å². The summed E-state index contributed by atoms with van der Waals surface area (Å²) in [6.07, 6.45) is 0. The Morgan fingerprint density at radius 2 is 2.07 bits per heavy atom. The number of allylic oxidation sites excluding steroid dienone is 1. The highest BCUT2D eigenvalue weighted by Gasteiger charge is 2.33. The number of amides is 1. The quantitative estimate of drug-likeness (QED) is 0.376. The van der Waals surface area contributed by atoms with E-state index in [1.54, 1.807) is 31.2 Å². The summed E-state index contributed by atoms with van der Waals surface area (Å²) >= 11 is 11.2. The molecule has 0 radical (unpaired) electrons. The molecule has 0 aliphatic carbocycles. The van der Waals surface area contributed by atoms with Gasteiger partial charge in [0.25, 0.3) is 11.6 Å². The molecule has 0 spiro atoms. The van der Waals surface area contributed by atoms with Crippen molar-refractivity contribution in [1.82, 2.24) is 10.6 Å². The number of nitro benzene ring substituents is 1. The summed E-state index contributed by atoms with van der Waals surface area (Å²) in [5, 5.41) is 20.7. The molecule has 8 nitrogen and oxygen atoms in total. The van der Waals surface area contributed by atoms with Crippen molar-refractivity contribution in [3.05, 3.63) is 74.4 Å². The van der Waals surface area contributed by atoms with Gasteiger partial charge in [-0.2, -0.15) is 0 Å². The third-order valence-corrected chi connectivity index (χ3v) is 4.79. The maximum absolute atomic E-state index is 13.1. The first kappa shape index (κ1) is 20.6. The van der Waals surface area contributed by atoms with Gasteiger partial charge < -0.3 is 20.7 Å². The molecule has 10 heteroatoms. The number of ether oxygens (including phenoxy) is 1. The molecule has 0 saturated carbocycles. The molecule has 150 valence electrons. The number of carbonyl (C=O) groups is 1. The molecule has 2 aromatic rings. The fourth-order valence-corrected chi connectivity index (χ4v) is 3.51. The zero-order chi connectivity index (χ0) is 21.1. The van der Waals surface area contributed by atoms with Crippen molar-refractivity contribution in [1.29, 1.82) is 0 Å². The minimum atomic E-state index is -0.752. The second-order valence-corrected chi connectivity index (χ2v) is 7.06. The first-order valence-corrected chi connectivity index (χ1v) is 9.26. The molecular weight excluding hydrogens is 416 g/mol. The number of nitrogens with one attached hydrogen (secondary N) is 3. The summed E-state index contributed by atoms with van der Waals surface area (Å²) in [7, 11) is 1.45. The maximum Gasteiger partial charge on any atom is 0.270 e. The van der Waals surface area contributed by atoms with Gasteiger partial charge in [0.05, 0.1) is 23.6 Å². The van der Waals surface area contributed by atoms with Crippen LogP contribution in [-0.4, -0.2) is 23.1 Å². The lowest BCUT2D eigenvalue weighted by atomic mass is 9.93. The van der Waals surface area contributed by atoms with Crippen molar-refractivity contribution >= 4 is 46.2 Å². The van der Waals surface area contributed by atoms with E-state index in [1.165, 1.54) is 25.3 Å². The molecule has 1 atom stereocenters. The Bertz CT molecular complexity index is 1040. The van der Waals surface area contributed by atoms with E-state index in [-0.39, 0.29) is 5.69 Å². The van der Waals surface area contributed by atoms with Crippen molar-refractivity contribution in [3.8, 4) is 5.75 Å². The fraction of sp³-hybridized carbons (Fsp3) is 0.158. The molecule has 1 amide bonds. The normalized spacial score (nSPS) is 16.0. The number of nitrogens with zero attached hydrogens (tertiary/aromatic N) is 1. The average molecular weight is 433 g/mol. The summed E-state index contributed by atoms with van der Waals surface area (Å²) in [5.41, 5.74) is 1.64. The standard InChI is InChI=1S/C19H17ClN4O4S/c1-10-16(18(25)22-12-5-3-4-11(20)8-12)17(23-19(29)21-10)14-9-13(24(26)27)6-7-15(14)28-2/h3-9,17H,1-2H3,(H,22,25)(H2,21,23,29). The van der Waals surface area contributed by atoms with Crippen LogP contribution < -0.4 is 20.7 Å². The Hall–Kier alpha value is -3.17. The van der Waals surface area contributed by atoms with Crippen LogP contribution in [0.15, 0.2) is 53.7 Å². The number of nitro groups is 1. The number of rotatable bonds is 5. The number of non-ortho nitro benzene ring substituents is 1. The van der Waals surface area contributed by atoms with Gasteiger partial charge in [0.2, 0.25) is 0 Å². The molecule has 1 heterocycles. The highest BCUT2D eigenvalue weighted by molar-refractivity contribution is 7.80. The van der Waals surface area contributed by atoms with Crippen LogP contribution in [0, 0.1) is 10.1 Å². The molecule has 1 aliphatic rings. The SMILES string of the molecule is COc1ccc([N+](=O)[O-])cc1C1NC(=S)NC(C)=C1C(=O)Nc1cccc(Cl)c1. The lowest BCUT2D eigenvalue weighted by Crippen LogP contribution is -2.45. The Morgan fingerprint density at radius 3 is 2.72 bits per heavy atom. The van der Waals surface area contributed by atoms with E-state index in [1.807, 2.05) is 0 Å². The number of anilines is 1. The second kappa shape index (κ2) is 8.46. The van der Waals surface area contributed by atoms with Gasteiger partial charge in [0.15, 0.2) is 5.11 Å². The molecule has 1 aliphatic heterocycles. The van der Waals surface area contributed by atoms with Crippen molar-refractivity contribution in [2.75, 3.05) is 12.4 Å². The number of halogens is 1. The van der Waals surface area contributed by atoms with Crippen molar-refractivity contribution < 1.29 is 14.5 Å². The van der Waals surface area contributed by atoms with E-state index in [0.717, 1.165) is 0 Å². The van der Waals surface area contributed by atoms with E-state index >= 15 is 0 Å². The number of benzene rings is 2. The molecular formula is C19H17ClN4O4S. The highest BCUT2D eigenvalue weighted by Crippen LogP contribution is 2.36. The van der Waals surface area contributed by atoms with Gasteiger partial charge in [-0.1, -0.05) is 17.7 Å². The van der Waals surface area contributed by atoms with Crippen molar-refractivity contribution in [2.24, 2.45) is 0 Å². The lowest BCUT2D eigenvalue weighted by molar-refractivity contribution is -0.385. The van der Waals surface area contributed by atoms with Gasteiger partial charge in [0, 0.05) is 34.1 Å². The zero-order valence-electron chi connectivity index (χ0n) is 15.5. The van der Waals surface area contributed by atoms with E-state index < -0.39 is 16.9 Å². The minimum absolute atomic E-state index is 0.126. The summed E-state index contributed by atoms with van der Waals surface area (Å²) in [5.74, 6) is -0.0236. The van der Waals surface area contributed by atoms with E-state index in [9.17, 15) is 14.9 Å². The van der Waals surface area contributed by atoms with Gasteiger partial charge in [0.1, 0.15) is 5.75 Å². The lowest BCUT2D eigenvalue weighted by Gasteiger charge is -2.31. The number of hydrogen-bond donors (Lipinski definition) is 3. The topological polar surface area (TPSA) is 106 Å². The Balaban J connectivity index is 2.06. The number of hydrogen-bond acceptors (Lipinski definition) is 5. The molecule has 29 heavy (non-hydrogen) atoms. The van der Waals surface area contributed by atoms with Gasteiger partial charge >= 0.3 is 0 Å². The molecule has 0 fully saturated rings. The van der Waals surface area contributed by atoms with Crippen LogP contribution in [0.25, 0.3) is 0 Å². The van der Waals surface area contributed by atoms with Crippen molar-refractivity contribution in [3.63, 3.8) is 0 Å². The summed E-state index contributed by atoms with van der Waals surface area (Å²) < 4.78 is 5.37. The number of carbonyl (C=O) groups excluding carboxylic acids is 1. The summed E-state index contributed by atoms with van der Waals surface area (Å²) in [6, 6.07) is 10.2. The fourth-order valence-electron chi connectivity index (χ4n) is 3.05. The van der Waals surface area contributed by atoms with E-state index in [0.29, 0.717) is 38.4 Å². The third kappa shape index (κ3) is 4.47. The van der Waals surface area contributed by atoms with Gasteiger partial charge in [-0.3, -0.25) is 14.9 Å². The first-order chi connectivity index (χ1) is 13.8. The first-order valence-electron chi connectivity index (χ1n) is 8.47. The molecule has 3 N–H and O–H groups in total. The molecule has 0 saturated heterocycles. The molecule has 3 rings (SSSR count). The van der Waals surface area contributed by atoms with Gasteiger partial charge in [-0.05, 0) is 43.4 Å². The minimum Gasteiger partial charge on any atom is -0.496 e. The van der Waals surface area contributed by atoms with Crippen LogP contribution in [0.2, 0.25) is 5.02 Å². The molecule has 1 unspecified atom stereocenters. The predicted octanol–water partition coefficient (Wildman–Crippen LogP) is 3.69. The molecule has 0 aromatic heterocycles. The highest BCUT2D eigenvalue weighted by atomic mass is 35.5. The van der Waals surface area contributed by atoms with Crippen LogP contribution in [0.1, 0.15) is 18.5 Å². The Morgan fingerprint density at radius 1 is 1.31 bits per heavy atom. The number of methoxy groups -OCH3 is 1. The van der Waals surface area contributed by atoms with Crippen LogP contribution in [0.5, 0.6) is 5.75 Å². The van der Waals surface area contributed by atoms with Gasteiger partial charge in [-0.15, -0.1) is 0 Å². The van der Waals surface area contributed by atoms with Gasteiger partial charge in [-0.25, -0.2) is 0 Å². The second-order valence-electron chi connectivity index (χ2n) is 6.22. The summed E-state index contributed by atoms with van der Waals surface area (Å²) in [6.45, 7) is 1.71. The average Bonchev–Trinajstić information content (AvgIpc) is 2.66. The molecule has 2 aromatic carbocycles. The largest absolute Gasteiger partial charge is 0.496 e. The third-order valence-electron chi connectivity index (χ3n) is 4.33. The Labute approximate surface area is 177 Å². The zero-order valence-corrected chi connectivity index (χ0v) is 17.1. The van der Waals surface area contributed by atoms with E-state index in [2.05, 4.69) is 16.0 Å². The molecule has 0 bridgehead atoms. The van der Waals surface area contributed by atoms with Crippen molar-refractivity contribution in [2.45, 2.75) is 13.0 Å².